The molecule has 0 bridgehead atoms. The van der Waals surface area contributed by atoms with Crippen LogP contribution in [0.2, 0.25) is 0 Å². The molecule has 3 unspecified atom stereocenters. The van der Waals surface area contributed by atoms with E-state index in [9.17, 15) is 43.2 Å². The van der Waals surface area contributed by atoms with Crippen LogP contribution in [0.1, 0.15) is 472 Å². The second-order valence-corrected chi connectivity index (χ2v) is 35.3. The number of carbonyl (C=O) groups is 4. The Morgan fingerprint density at radius 3 is 0.710 bits per heavy atom. The van der Waals surface area contributed by atoms with Crippen LogP contribution in [0.15, 0.2) is 0 Å². The normalized spacial score (nSPS) is 14.0. The van der Waals surface area contributed by atoms with Crippen molar-refractivity contribution in [3.63, 3.8) is 0 Å². The van der Waals surface area contributed by atoms with Gasteiger partial charge in [0.15, 0.2) is 12.2 Å². The lowest BCUT2D eigenvalue weighted by atomic mass is 9.99. The second kappa shape index (κ2) is 79.3. The van der Waals surface area contributed by atoms with Gasteiger partial charge in [-0.3, -0.25) is 37.3 Å². The van der Waals surface area contributed by atoms with Crippen molar-refractivity contribution >= 4 is 39.5 Å². The van der Waals surface area contributed by atoms with Crippen molar-refractivity contribution in [2.24, 2.45) is 11.8 Å². The lowest BCUT2D eigenvalue weighted by molar-refractivity contribution is -0.161. The van der Waals surface area contributed by atoms with Gasteiger partial charge in [0.2, 0.25) is 0 Å². The van der Waals surface area contributed by atoms with Crippen LogP contribution >= 0.6 is 15.6 Å². The van der Waals surface area contributed by atoms with Crippen LogP contribution in [0.5, 0.6) is 0 Å². The molecule has 0 aliphatic heterocycles. The van der Waals surface area contributed by atoms with Crippen LogP contribution in [0.25, 0.3) is 0 Å². The predicted molar refractivity (Wildman–Crippen MR) is 442 cm³/mol. The summed E-state index contributed by atoms with van der Waals surface area (Å²) in [5.41, 5.74) is 0. The minimum absolute atomic E-state index is 0.109. The van der Waals surface area contributed by atoms with Crippen LogP contribution in [-0.2, 0) is 65.4 Å². The topological polar surface area (TPSA) is 237 Å². The molecule has 0 aromatic heterocycles. The van der Waals surface area contributed by atoms with Crippen molar-refractivity contribution in [3.8, 4) is 0 Å². The van der Waals surface area contributed by atoms with E-state index in [2.05, 4.69) is 41.5 Å². The number of ether oxygens (including phenoxy) is 4. The molecule has 0 aromatic carbocycles. The number of phosphoric ester groups is 2. The number of hydrogen-bond donors (Lipinski definition) is 3. The highest BCUT2D eigenvalue weighted by Crippen LogP contribution is 2.45. The number of carbonyl (C=O) groups excluding carboxylic acids is 4. The molecule has 0 amide bonds. The van der Waals surface area contributed by atoms with Crippen molar-refractivity contribution in [2.45, 2.75) is 490 Å². The van der Waals surface area contributed by atoms with E-state index in [4.69, 9.17) is 37.0 Å². The van der Waals surface area contributed by atoms with E-state index < -0.39 is 97.5 Å². The molecule has 0 heterocycles. The monoisotopic (exact) mass is 1560 g/mol. The molecule has 6 atom stereocenters. The zero-order valence-electron chi connectivity index (χ0n) is 70.5. The largest absolute Gasteiger partial charge is 0.472 e. The Hall–Kier alpha value is -1.94. The molecule has 17 nitrogen and oxygen atoms in total. The van der Waals surface area contributed by atoms with Gasteiger partial charge in [0, 0.05) is 25.7 Å². The second-order valence-electron chi connectivity index (χ2n) is 32.4. The third kappa shape index (κ3) is 80.5. The summed E-state index contributed by atoms with van der Waals surface area (Å²) in [6.07, 6.45) is 72.0. The summed E-state index contributed by atoms with van der Waals surface area (Å²) >= 11 is 0. The lowest BCUT2D eigenvalue weighted by Gasteiger charge is -2.21. The van der Waals surface area contributed by atoms with Crippen LogP contribution in [0, 0.1) is 11.8 Å². The fourth-order valence-electron chi connectivity index (χ4n) is 13.7. The maximum Gasteiger partial charge on any atom is 0.472 e. The van der Waals surface area contributed by atoms with Crippen molar-refractivity contribution in [1.29, 1.82) is 0 Å². The van der Waals surface area contributed by atoms with E-state index in [0.717, 1.165) is 102 Å². The summed E-state index contributed by atoms with van der Waals surface area (Å²) < 4.78 is 69.0. The molecule has 636 valence electrons. The van der Waals surface area contributed by atoms with E-state index >= 15 is 0 Å². The van der Waals surface area contributed by atoms with Gasteiger partial charge in [-0.25, -0.2) is 9.13 Å². The number of aliphatic hydroxyl groups is 1. The Balaban J connectivity index is 5.25. The summed E-state index contributed by atoms with van der Waals surface area (Å²) in [5.74, 6) is -0.426. The summed E-state index contributed by atoms with van der Waals surface area (Å²) in [6.45, 7) is 9.78. The standard InChI is InChI=1S/C88H172O17P2/c1-7-10-12-14-16-18-20-22-27-36-42-48-54-60-66-72-87(92)104-83(76-98-85(90)70-64-58-52-46-40-32-21-19-17-15-13-11-8-2)78-102-106(94,95)100-74-82(89)75-101-107(96,97)103-79-84(77-99-86(91)71-65-59-53-47-41-35-31-30-33-38-44-50-56-62-68-80(4)5)105-88(93)73-67-61-55-49-43-37-29-26-24-23-25-28-34-39-45-51-57-63-69-81(6)9-3/h80-84,89H,7-79H2,1-6H3,(H,94,95)(H,96,97)/t81?,82-,83+,84+/m0/s1. The molecule has 0 rings (SSSR count). The van der Waals surface area contributed by atoms with Crippen molar-refractivity contribution < 1.29 is 80.2 Å². The fourth-order valence-corrected chi connectivity index (χ4v) is 15.3. The number of esters is 4. The number of aliphatic hydroxyl groups excluding tert-OH is 1. The molecule has 0 radical (unpaired) electrons. The van der Waals surface area contributed by atoms with Crippen LogP contribution in [-0.4, -0.2) is 96.7 Å². The first-order valence-electron chi connectivity index (χ1n) is 45.5. The molecule has 3 N–H and O–H groups in total. The Morgan fingerprint density at radius 2 is 0.477 bits per heavy atom. The van der Waals surface area contributed by atoms with Crippen LogP contribution < -0.4 is 0 Å². The lowest BCUT2D eigenvalue weighted by Crippen LogP contribution is -2.30. The van der Waals surface area contributed by atoms with Crippen LogP contribution in [0.3, 0.4) is 0 Å². The molecule has 0 aliphatic carbocycles. The van der Waals surface area contributed by atoms with E-state index in [-0.39, 0.29) is 25.7 Å². The molecular formula is C88H172O17P2. The highest BCUT2D eigenvalue weighted by atomic mass is 31.2. The molecular weight excluding hydrogens is 1390 g/mol. The van der Waals surface area contributed by atoms with Gasteiger partial charge < -0.3 is 33.8 Å². The maximum atomic E-state index is 13.2. The average Bonchev–Trinajstić information content (AvgIpc) is 0.899. The van der Waals surface area contributed by atoms with Gasteiger partial charge in [-0.05, 0) is 37.5 Å². The Morgan fingerprint density at radius 1 is 0.271 bits per heavy atom. The fraction of sp³-hybridized carbons (Fsp3) is 0.955. The van der Waals surface area contributed by atoms with E-state index in [1.54, 1.807) is 0 Å². The predicted octanol–water partition coefficient (Wildman–Crippen LogP) is 27.0. The van der Waals surface area contributed by atoms with Gasteiger partial charge >= 0.3 is 39.5 Å². The Bertz CT molecular complexity index is 2050. The van der Waals surface area contributed by atoms with E-state index in [1.165, 1.54) is 289 Å². The molecule has 0 spiro atoms. The zero-order valence-corrected chi connectivity index (χ0v) is 72.2. The zero-order chi connectivity index (χ0) is 78.5. The van der Waals surface area contributed by atoms with Gasteiger partial charge in [0.1, 0.15) is 19.3 Å². The minimum atomic E-state index is -4.97. The van der Waals surface area contributed by atoms with Gasteiger partial charge in [0.05, 0.1) is 26.4 Å². The van der Waals surface area contributed by atoms with Crippen molar-refractivity contribution in [3.05, 3.63) is 0 Å². The van der Waals surface area contributed by atoms with E-state index in [1.807, 2.05) is 0 Å². The quantitative estimate of drug-likeness (QED) is 0.0222. The summed E-state index contributed by atoms with van der Waals surface area (Å²) in [4.78, 5) is 73.3. The number of phosphoric acid groups is 2. The molecule has 0 saturated carbocycles. The van der Waals surface area contributed by atoms with Gasteiger partial charge in [-0.2, -0.15) is 0 Å². The third-order valence-corrected chi connectivity index (χ3v) is 23.0. The smallest absolute Gasteiger partial charge is 0.462 e. The van der Waals surface area contributed by atoms with Gasteiger partial charge in [0.25, 0.3) is 0 Å². The number of hydrogen-bond acceptors (Lipinski definition) is 15. The Kier molecular flexibility index (Phi) is 77.9. The molecule has 0 fully saturated rings. The minimum Gasteiger partial charge on any atom is -0.462 e. The summed E-state index contributed by atoms with van der Waals surface area (Å²) in [6, 6.07) is 0. The number of unbranched alkanes of at least 4 members (excludes halogenated alkanes) is 56. The molecule has 0 saturated heterocycles. The maximum absolute atomic E-state index is 13.2. The first-order valence-corrected chi connectivity index (χ1v) is 48.5. The first kappa shape index (κ1) is 105. The summed E-state index contributed by atoms with van der Waals surface area (Å²) in [7, 11) is -9.93. The van der Waals surface area contributed by atoms with Crippen LogP contribution in [0.4, 0.5) is 0 Å². The molecule has 0 aliphatic rings. The van der Waals surface area contributed by atoms with Crippen molar-refractivity contribution in [1.82, 2.24) is 0 Å². The SMILES string of the molecule is CCCCCCCCCCCCCCCCCC(=O)O[C@H](COC(=O)CCCCCCCCCCCCCCC)COP(=O)(O)OC[C@H](O)COP(=O)(O)OC[C@@H](COC(=O)CCCCCCCCCCCCCCCCC(C)C)OC(=O)CCCCCCCCCCCCCCCCCCCCC(C)CC. The molecule has 107 heavy (non-hydrogen) atoms. The molecule has 19 heteroatoms. The first-order chi connectivity index (χ1) is 51.9. The average molecular weight is 1560 g/mol. The van der Waals surface area contributed by atoms with Gasteiger partial charge in [-0.15, -0.1) is 0 Å². The molecule has 0 aromatic rings. The number of rotatable bonds is 87. The van der Waals surface area contributed by atoms with Gasteiger partial charge in [-0.1, -0.05) is 420 Å². The highest BCUT2D eigenvalue weighted by molar-refractivity contribution is 7.47. The highest BCUT2D eigenvalue weighted by Gasteiger charge is 2.31. The van der Waals surface area contributed by atoms with Crippen molar-refractivity contribution in [2.75, 3.05) is 39.6 Å². The third-order valence-electron chi connectivity index (χ3n) is 21.1. The Labute approximate surface area is 658 Å². The van der Waals surface area contributed by atoms with E-state index in [0.29, 0.717) is 25.7 Å². The summed E-state index contributed by atoms with van der Waals surface area (Å²) in [5, 5.41) is 10.7.